The molecule has 0 N–H and O–H groups in total. The number of benzene rings is 17. The number of hydrogen-bond donors (Lipinski definition) is 0. The monoisotopic (exact) mass is 1710 g/mol. The maximum atomic E-state index is 5.34. The summed E-state index contributed by atoms with van der Waals surface area (Å²) < 4.78 is 6.27. The lowest BCUT2D eigenvalue weighted by molar-refractivity contribution is 0.802. The van der Waals surface area contributed by atoms with Crippen molar-refractivity contribution in [2.75, 3.05) is 0 Å². The molecule has 0 fully saturated rings. The number of para-hydroxylation sites is 4. The first-order valence-corrected chi connectivity index (χ1v) is 47.3. The Morgan fingerprint density at radius 3 is 1.23 bits per heavy atom. The summed E-state index contributed by atoms with van der Waals surface area (Å²) >= 11 is 5.77. The highest BCUT2D eigenvalue weighted by atomic mass is 32.1. The highest BCUT2D eigenvalue weighted by molar-refractivity contribution is 7.23. The van der Waals surface area contributed by atoms with Gasteiger partial charge < -0.3 is 0 Å². The van der Waals surface area contributed by atoms with E-state index in [-0.39, 0.29) is 10.8 Å². The normalized spacial score (nSPS) is 14.6. The number of thiophene rings is 3. The molecule has 0 aliphatic heterocycles. The van der Waals surface area contributed by atoms with E-state index in [0.717, 1.165) is 82.9 Å². The SMILES string of the molecule is c1ccc2c(c1)-c1ccc(-c3ccc(-c4cccc5cccnc45)cc3)cc1C21c2ccccc2-c2sc3ccccc3c21.c1ccc2c(c1)-c1ccccc1C21c2cc(-c3nc4ccccc4c4nc5ccccc5n34)ccc2-c2sc3ccccc3c21.c1ccc2c(c1)-c1ccccc1C21c2cccc(-c3ccc4ccc5cccnc5c4n3)c2-c2sc3ccccc3c21. The van der Waals surface area contributed by atoms with Crippen LogP contribution in [0.25, 0.3) is 200 Å². The second-order valence-corrected chi connectivity index (χ2v) is 38.4. The molecular formula is C122H70N6S3. The molecule has 0 amide bonds. The van der Waals surface area contributed by atoms with Crippen LogP contribution in [0.5, 0.6) is 0 Å². The zero-order valence-electron chi connectivity index (χ0n) is 70.3. The summed E-state index contributed by atoms with van der Waals surface area (Å²) in [7, 11) is 0. The van der Waals surface area contributed by atoms with E-state index in [2.05, 4.69) is 405 Å². The number of hydrogen-bond acceptors (Lipinski definition) is 8. The van der Waals surface area contributed by atoms with E-state index in [4.69, 9.17) is 24.9 Å². The van der Waals surface area contributed by atoms with Crippen molar-refractivity contribution in [2.45, 2.75) is 16.2 Å². The molecule has 8 heterocycles. The Balaban J connectivity index is 0.0000000966. The zero-order valence-corrected chi connectivity index (χ0v) is 72.8. The van der Waals surface area contributed by atoms with Gasteiger partial charge in [-0.1, -0.05) is 340 Å². The summed E-state index contributed by atoms with van der Waals surface area (Å²) in [5.74, 6) is 0.912. The molecule has 6 aliphatic carbocycles. The van der Waals surface area contributed by atoms with Crippen molar-refractivity contribution in [1.82, 2.24) is 29.3 Å². The molecule has 25 aromatic rings. The average molecular weight is 1720 g/mol. The number of pyridine rings is 3. The Morgan fingerprint density at radius 1 is 0.229 bits per heavy atom. The molecule has 0 saturated carbocycles. The number of nitrogens with zero attached hydrogens (tertiary/aromatic N) is 6. The molecule has 606 valence electrons. The summed E-state index contributed by atoms with van der Waals surface area (Å²) in [4.78, 5) is 29.3. The summed E-state index contributed by atoms with van der Waals surface area (Å²) in [6.45, 7) is 0. The van der Waals surface area contributed by atoms with Gasteiger partial charge >= 0.3 is 0 Å². The van der Waals surface area contributed by atoms with E-state index < -0.39 is 5.41 Å². The van der Waals surface area contributed by atoms with Crippen molar-refractivity contribution < 1.29 is 0 Å². The predicted octanol–water partition coefficient (Wildman–Crippen LogP) is 31.4. The Hall–Kier alpha value is -16.0. The first-order valence-electron chi connectivity index (χ1n) is 44.8. The van der Waals surface area contributed by atoms with Crippen LogP contribution in [0.1, 0.15) is 66.8 Å². The van der Waals surface area contributed by atoms with Gasteiger partial charge in [-0.2, -0.15) is 0 Å². The van der Waals surface area contributed by atoms with Crippen LogP contribution in [0.3, 0.4) is 0 Å². The van der Waals surface area contributed by atoms with Crippen LogP contribution in [-0.4, -0.2) is 29.3 Å². The molecule has 131 heavy (non-hydrogen) atoms. The number of fused-ring (bicyclic) bond motifs is 45. The van der Waals surface area contributed by atoms with Crippen molar-refractivity contribution in [1.29, 1.82) is 0 Å². The van der Waals surface area contributed by atoms with Crippen LogP contribution in [0.15, 0.2) is 425 Å². The van der Waals surface area contributed by atoms with E-state index >= 15 is 0 Å². The third-order valence-electron chi connectivity index (χ3n) is 29.1. The fourth-order valence-corrected chi connectivity index (χ4v) is 27.9. The molecule has 0 bridgehead atoms. The van der Waals surface area contributed by atoms with Crippen LogP contribution in [-0.2, 0) is 16.2 Å². The first-order chi connectivity index (χ1) is 65.0. The number of aromatic nitrogens is 6. The number of imidazole rings is 1. The Bertz CT molecular complexity index is 9210. The molecule has 0 radical (unpaired) electrons. The summed E-state index contributed by atoms with van der Waals surface area (Å²) in [6.07, 6.45) is 3.74. The number of rotatable bonds is 4. The van der Waals surface area contributed by atoms with Crippen molar-refractivity contribution in [3.8, 4) is 110 Å². The van der Waals surface area contributed by atoms with E-state index in [1.807, 2.05) is 58.5 Å². The van der Waals surface area contributed by atoms with E-state index in [9.17, 15) is 0 Å². The first kappa shape index (κ1) is 73.1. The second kappa shape index (κ2) is 27.5. The van der Waals surface area contributed by atoms with Crippen molar-refractivity contribution >= 4 is 125 Å². The van der Waals surface area contributed by atoms with Crippen molar-refractivity contribution in [2.24, 2.45) is 0 Å². The predicted molar refractivity (Wildman–Crippen MR) is 544 cm³/mol. The van der Waals surface area contributed by atoms with Gasteiger partial charge in [-0.25, -0.2) is 15.0 Å². The quantitative estimate of drug-likeness (QED) is 0.164. The lowest BCUT2D eigenvalue weighted by atomic mass is 9.70. The minimum Gasteiger partial charge on any atom is -0.276 e. The standard InChI is InChI=1S/C42H25NS.C41H23N3S.C39H22N2S/c1-4-15-35-31(11-1)32-23-22-29(26-18-20-27(21-19-26)30-14-7-9-28-10-8-24-43-40(28)30)25-37(32)42(35)36-16-5-2-12-33(36)41-39(42)34-13-3-6-17-38(34)44-41;1-5-15-30-25(11-1)26-12-2-6-16-31(26)41(30)32-23-24(21-22-27(32)38-37(41)29-14-4-10-20-36(29)45-38)39-42-33-17-7-3-13-28(33)40-43-34-18-8-9-19-35(34)44(39)40;1-4-14-29-25(10-1)26-11-2-5-15-30(26)39(29)31-16-7-13-27(34(31)38-35(39)28-12-3-6-17-33(28)42-38)32-21-20-24-19-18-23-9-8-22-40-36(23)37(24)41-32/h1-25H;1-23H;1-22H. The van der Waals surface area contributed by atoms with Gasteiger partial charge in [0.2, 0.25) is 0 Å². The van der Waals surface area contributed by atoms with Crippen LogP contribution in [0, 0.1) is 0 Å². The Morgan fingerprint density at radius 2 is 0.618 bits per heavy atom. The molecule has 31 rings (SSSR count). The lowest BCUT2D eigenvalue weighted by Crippen LogP contribution is -2.25. The van der Waals surface area contributed by atoms with Gasteiger partial charge in [-0.15, -0.1) is 34.0 Å². The van der Waals surface area contributed by atoms with Crippen molar-refractivity contribution in [3.05, 3.63) is 492 Å². The summed E-state index contributed by atoms with van der Waals surface area (Å²) in [5.41, 5.74) is 42.3. The van der Waals surface area contributed by atoms with Gasteiger partial charge in [0.15, 0.2) is 0 Å². The summed E-state index contributed by atoms with van der Waals surface area (Å²) in [5, 5.41) is 8.48. The minimum atomic E-state index is -0.416. The molecule has 3 spiro atoms. The third-order valence-corrected chi connectivity index (χ3v) is 32.7. The summed E-state index contributed by atoms with van der Waals surface area (Å²) in [6, 6.07) is 151. The molecule has 1 atom stereocenters. The zero-order chi connectivity index (χ0) is 85.5. The smallest absolute Gasteiger partial charge is 0.149 e. The van der Waals surface area contributed by atoms with Crippen LogP contribution < -0.4 is 0 Å². The fourth-order valence-electron chi connectivity index (χ4n) is 23.9. The highest BCUT2D eigenvalue weighted by Gasteiger charge is 2.57. The van der Waals surface area contributed by atoms with Crippen LogP contribution in [0.4, 0.5) is 0 Å². The largest absolute Gasteiger partial charge is 0.276 e. The molecular weight excluding hydrogens is 1650 g/mol. The Labute approximate surface area is 765 Å². The van der Waals surface area contributed by atoms with Gasteiger partial charge in [0, 0.05) is 84.9 Å². The molecule has 8 aromatic heterocycles. The Kier molecular flexibility index (Phi) is 15.3. The second-order valence-electron chi connectivity index (χ2n) is 35.3. The highest BCUT2D eigenvalue weighted by Crippen LogP contribution is 2.71. The molecule has 6 aliphatic rings. The van der Waals surface area contributed by atoms with E-state index in [1.165, 1.54) is 184 Å². The van der Waals surface area contributed by atoms with Gasteiger partial charge in [0.1, 0.15) is 11.5 Å². The van der Waals surface area contributed by atoms with Crippen molar-refractivity contribution in [3.63, 3.8) is 0 Å². The molecule has 1 unspecified atom stereocenters. The molecule has 17 aromatic carbocycles. The lowest BCUT2D eigenvalue weighted by Gasteiger charge is -2.30. The van der Waals surface area contributed by atoms with E-state index in [0.29, 0.717) is 0 Å². The third kappa shape index (κ3) is 9.85. The van der Waals surface area contributed by atoms with Gasteiger partial charge in [-0.05, 0) is 217 Å². The van der Waals surface area contributed by atoms with E-state index in [1.54, 1.807) is 0 Å². The minimum absolute atomic E-state index is 0.345. The molecule has 9 heteroatoms. The van der Waals surface area contributed by atoms with Crippen LogP contribution >= 0.6 is 34.0 Å². The maximum Gasteiger partial charge on any atom is 0.149 e. The molecule has 0 saturated heterocycles. The van der Waals surface area contributed by atoms with Gasteiger partial charge in [-0.3, -0.25) is 14.4 Å². The topological polar surface area (TPSA) is 68.9 Å². The maximum absolute atomic E-state index is 5.34. The average Bonchev–Trinajstić information content (AvgIpc) is 1.50. The van der Waals surface area contributed by atoms with Gasteiger partial charge in [0.25, 0.3) is 0 Å². The van der Waals surface area contributed by atoms with Crippen LogP contribution in [0.2, 0.25) is 0 Å². The fraction of sp³-hybridized carbons (Fsp3) is 0.0246. The molecule has 6 nitrogen and oxygen atoms in total. The van der Waals surface area contributed by atoms with Gasteiger partial charge in [0.05, 0.1) is 55.0 Å².